The van der Waals surface area contributed by atoms with E-state index in [1.807, 2.05) is 0 Å². The molecular weight excluding hydrogens is 212 g/mol. The number of hydrogen-bond donors (Lipinski definition) is 2. The SMILES string of the molecule is CC(CO)CNC1CCN(C2CCCC2)CC1. The third-order valence-electron chi connectivity index (χ3n) is 4.44. The molecule has 1 saturated carbocycles. The fourth-order valence-corrected chi connectivity index (χ4v) is 3.17. The zero-order valence-electron chi connectivity index (χ0n) is 11.2. The van der Waals surface area contributed by atoms with Gasteiger partial charge in [0.05, 0.1) is 0 Å². The van der Waals surface area contributed by atoms with E-state index < -0.39 is 0 Å². The van der Waals surface area contributed by atoms with Gasteiger partial charge in [0.1, 0.15) is 0 Å². The van der Waals surface area contributed by atoms with Crippen molar-refractivity contribution in [3.63, 3.8) is 0 Å². The molecule has 0 aromatic carbocycles. The fraction of sp³-hybridized carbons (Fsp3) is 1.00. The quantitative estimate of drug-likeness (QED) is 0.766. The summed E-state index contributed by atoms with van der Waals surface area (Å²) in [5.41, 5.74) is 0. The highest BCUT2D eigenvalue weighted by molar-refractivity contribution is 4.84. The lowest BCUT2D eigenvalue weighted by Gasteiger charge is -2.36. The van der Waals surface area contributed by atoms with E-state index in [2.05, 4.69) is 17.1 Å². The molecule has 1 atom stereocenters. The van der Waals surface area contributed by atoms with Gasteiger partial charge in [0.25, 0.3) is 0 Å². The Morgan fingerprint density at radius 2 is 1.82 bits per heavy atom. The molecule has 3 heteroatoms. The van der Waals surface area contributed by atoms with Crippen LogP contribution < -0.4 is 5.32 Å². The van der Waals surface area contributed by atoms with Gasteiger partial charge in [-0.2, -0.15) is 0 Å². The zero-order valence-corrected chi connectivity index (χ0v) is 11.2. The average Bonchev–Trinajstić information content (AvgIpc) is 2.90. The summed E-state index contributed by atoms with van der Waals surface area (Å²) in [6.07, 6.45) is 8.32. The summed E-state index contributed by atoms with van der Waals surface area (Å²) in [6, 6.07) is 1.58. The fourth-order valence-electron chi connectivity index (χ4n) is 3.17. The van der Waals surface area contributed by atoms with Crippen LogP contribution in [0.5, 0.6) is 0 Å². The minimum absolute atomic E-state index is 0.300. The normalized spacial score (nSPS) is 26.5. The van der Waals surface area contributed by atoms with E-state index in [0.717, 1.165) is 12.6 Å². The molecule has 2 fully saturated rings. The number of nitrogens with one attached hydrogen (secondary N) is 1. The average molecular weight is 240 g/mol. The van der Waals surface area contributed by atoms with Gasteiger partial charge in [-0.1, -0.05) is 19.8 Å². The monoisotopic (exact) mass is 240 g/mol. The molecule has 100 valence electrons. The molecule has 0 aromatic heterocycles. The van der Waals surface area contributed by atoms with Gasteiger partial charge in [-0.15, -0.1) is 0 Å². The Kier molecular flexibility index (Phi) is 5.26. The van der Waals surface area contributed by atoms with Crippen LogP contribution in [-0.2, 0) is 0 Å². The van der Waals surface area contributed by atoms with Crippen molar-refractivity contribution in [1.29, 1.82) is 0 Å². The van der Waals surface area contributed by atoms with Crippen LogP contribution in [0.25, 0.3) is 0 Å². The molecule has 1 unspecified atom stereocenters. The summed E-state index contributed by atoms with van der Waals surface area (Å²) in [4.78, 5) is 2.71. The molecule has 1 aliphatic heterocycles. The highest BCUT2D eigenvalue weighted by atomic mass is 16.3. The Hall–Kier alpha value is -0.120. The second-order valence-corrected chi connectivity index (χ2v) is 5.94. The van der Waals surface area contributed by atoms with Crippen LogP contribution >= 0.6 is 0 Å². The van der Waals surface area contributed by atoms with Crippen molar-refractivity contribution in [3.8, 4) is 0 Å². The van der Waals surface area contributed by atoms with Crippen molar-refractivity contribution in [1.82, 2.24) is 10.2 Å². The Morgan fingerprint density at radius 3 is 2.41 bits per heavy atom. The van der Waals surface area contributed by atoms with Crippen LogP contribution in [0.3, 0.4) is 0 Å². The molecule has 17 heavy (non-hydrogen) atoms. The molecule has 2 aliphatic rings. The molecule has 0 radical (unpaired) electrons. The maximum Gasteiger partial charge on any atom is 0.0468 e. The minimum Gasteiger partial charge on any atom is -0.396 e. The molecule has 0 amide bonds. The number of rotatable bonds is 5. The lowest BCUT2D eigenvalue weighted by atomic mass is 10.0. The van der Waals surface area contributed by atoms with Crippen LogP contribution in [0, 0.1) is 5.92 Å². The Morgan fingerprint density at radius 1 is 1.18 bits per heavy atom. The lowest BCUT2D eigenvalue weighted by Crippen LogP contribution is -2.46. The molecule has 2 rings (SSSR count). The number of nitrogens with zero attached hydrogens (tertiary/aromatic N) is 1. The first-order valence-corrected chi connectivity index (χ1v) is 7.38. The van der Waals surface area contributed by atoms with Gasteiger partial charge < -0.3 is 15.3 Å². The van der Waals surface area contributed by atoms with E-state index in [1.54, 1.807) is 0 Å². The van der Waals surface area contributed by atoms with Crippen LogP contribution in [0.4, 0.5) is 0 Å². The molecule has 1 heterocycles. The third kappa shape index (κ3) is 3.94. The van der Waals surface area contributed by atoms with Crippen molar-refractivity contribution >= 4 is 0 Å². The van der Waals surface area contributed by atoms with E-state index >= 15 is 0 Å². The molecule has 1 aliphatic carbocycles. The van der Waals surface area contributed by atoms with Gasteiger partial charge in [-0.25, -0.2) is 0 Å². The Bertz CT molecular complexity index is 208. The largest absolute Gasteiger partial charge is 0.396 e. The van der Waals surface area contributed by atoms with Gasteiger partial charge in [0, 0.05) is 25.2 Å². The van der Waals surface area contributed by atoms with Crippen molar-refractivity contribution in [2.24, 2.45) is 5.92 Å². The standard InChI is InChI=1S/C14H28N2O/c1-12(11-17)10-15-13-6-8-16(9-7-13)14-4-2-3-5-14/h12-15,17H,2-11H2,1H3. The van der Waals surface area contributed by atoms with E-state index in [-0.39, 0.29) is 0 Å². The number of hydrogen-bond acceptors (Lipinski definition) is 3. The molecule has 0 aromatic rings. The van der Waals surface area contributed by atoms with Gasteiger partial charge in [-0.05, 0) is 44.7 Å². The van der Waals surface area contributed by atoms with Gasteiger partial charge >= 0.3 is 0 Å². The van der Waals surface area contributed by atoms with Crippen molar-refractivity contribution < 1.29 is 5.11 Å². The summed E-state index contributed by atoms with van der Waals surface area (Å²) in [7, 11) is 0. The Balaban J connectivity index is 1.63. The molecule has 1 saturated heterocycles. The third-order valence-corrected chi connectivity index (χ3v) is 4.44. The topological polar surface area (TPSA) is 35.5 Å². The minimum atomic E-state index is 0.300. The summed E-state index contributed by atoms with van der Waals surface area (Å²) in [5, 5.41) is 12.6. The second-order valence-electron chi connectivity index (χ2n) is 5.94. The highest BCUT2D eigenvalue weighted by Crippen LogP contribution is 2.26. The van der Waals surface area contributed by atoms with Crippen molar-refractivity contribution in [2.75, 3.05) is 26.2 Å². The first-order chi connectivity index (χ1) is 8.29. The highest BCUT2D eigenvalue weighted by Gasteiger charge is 2.26. The molecular formula is C14H28N2O. The van der Waals surface area contributed by atoms with Crippen LogP contribution in [0.15, 0.2) is 0 Å². The lowest BCUT2D eigenvalue weighted by molar-refractivity contribution is 0.141. The van der Waals surface area contributed by atoms with E-state index in [0.29, 0.717) is 18.6 Å². The predicted octanol–water partition coefficient (Wildman–Crippen LogP) is 1.61. The number of aliphatic hydroxyl groups excluding tert-OH is 1. The number of aliphatic hydroxyl groups is 1. The van der Waals surface area contributed by atoms with E-state index in [4.69, 9.17) is 5.11 Å². The predicted molar refractivity (Wildman–Crippen MR) is 71.1 cm³/mol. The van der Waals surface area contributed by atoms with Crippen LogP contribution in [-0.4, -0.2) is 48.3 Å². The molecule has 2 N–H and O–H groups in total. The molecule has 0 spiro atoms. The zero-order chi connectivity index (χ0) is 12.1. The maximum absolute atomic E-state index is 9.00. The first kappa shape index (κ1) is 13.3. The smallest absolute Gasteiger partial charge is 0.0468 e. The van der Waals surface area contributed by atoms with E-state index in [9.17, 15) is 0 Å². The van der Waals surface area contributed by atoms with Gasteiger partial charge in [-0.3, -0.25) is 0 Å². The summed E-state index contributed by atoms with van der Waals surface area (Å²) in [6.45, 7) is 5.91. The maximum atomic E-state index is 9.00. The van der Waals surface area contributed by atoms with Crippen LogP contribution in [0.2, 0.25) is 0 Å². The van der Waals surface area contributed by atoms with Crippen molar-refractivity contribution in [3.05, 3.63) is 0 Å². The summed E-state index contributed by atoms with van der Waals surface area (Å²) in [5.74, 6) is 0.392. The van der Waals surface area contributed by atoms with Crippen molar-refractivity contribution in [2.45, 2.75) is 57.5 Å². The summed E-state index contributed by atoms with van der Waals surface area (Å²) >= 11 is 0. The molecule has 0 bridgehead atoms. The number of likely N-dealkylation sites (tertiary alicyclic amines) is 1. The van der Waals surface area contributed by atoms with Gasteiger partial charge in [0.2, 0.25) is 0 Å². The summed E-state index contributed by atoms with van der Waals surface area (Å²) < 4.78 is 0. The molecule has 3 nitrogen and oxygen atoms in total. The number of piperidine rings is 1. The van der Waals surface area contributed by atoms with Crippen LogP contribution in [0.1, 0.15) is 45.4 Å². The van der Waals surface area contributed by atoms with E-state index in [1.165, 1.54) is 51.6 Å². The second kappa shape index (κ2) is 6.72. The Labute approximate surface area is 106 Å². The first-order valence-electron chi connectivity index (χ1n) is 7.38. The van der Waals surface area contributed by atoms with Gasteiger partial charge in [0.15, 0.2) is 0 Å².